The van der Waals surface area contributed by atoms with Crippen molar-refractivity contribution in [2.45, 2.75) is 31.7 Å². The van der Waals surface area contributed by atoms with Crippen LogP contribution in [0.1, 0.15) is 30.9 Å². The largest absolute Gasteiger partial charge is 0.345 e. The van der Waals surface area contributed by atoms with Crippen LogP contribution in [0.2, 0.25) is 0 Å². The number of imidazole rings is 1. The summed E-state index contributed by atoms with van der Waals surface area (Å²) in [5.74, 6) is 0.307. The number of piperidine rings is 1. The Morgan fingerprint density at radius 3 is 3.00 bits per heavy atom. The molecule has 1 amide bonds. The Balaban J connectivity index is 1.40. The number of likely N-dealkylation sites (tertiary alicyclic amines) is 1. The van der Waals surface area contributed by atoms with Crippen molar-refractivity contribution >= 4 is 16.9 Å². The van der Waals surface area contributed by atoms with E-state index >= 15 is 0 Å². The summed E-state index contributed by atoms with van der Waals surface area (Å²) in [6.45, 7) is 2.03. The van der Waals surface area contributed by atoms with Crippen molar-refractivity contribution in [3.63, 3.8) is 0 Å². The van der Waals surface area contributed by atoms with Gasteiger partial charge in [0.15, 0.2) is 0 Å². The van der Waals surface area contributed by atoms with E-state index in [2.05, 4.69) is 15.0 Å². The minimum absolute atomic E-state index is 0.142. The molecule has 1 aliphatic heterocycles. The zero-order chi connectivity index (χ0) is 17.9. The highest BCUT2D eigenvalue weighted by molar-refractivity contribution is 5.77. The van der Waals surface area contributed by atoms with E-state index in [1.165, 1.54) is 6.20 Å². The lowest BCUT2D eigenvalue weighted by Crippen LogP contribution is -2.40. The number of aromatic amines is 1. The second kappa shape index (κ2) is 7.11. The second-order valence-corrected chi connectivity index (χ2v) is 6.69. The fraction of sp³-hybridized carbons (Fsp3) is 0.368. The SMILES string of the molecule is O=C(CCn1cnc2ccccc21)N1CCC[C@H](c2ccnc(=O)[nH]2)C1. The summed E-state index contributed by atoms with van der Waals surface area (Å²) in [7, 11) is 0. The Morgan fingerprint density at radius 1 is 1.23 bits per heavy atom. The maximum absolute atomic E-state index is 12.7. The molecule has 7 heteroatoms. The van der Waals surface area contributed by atoms with Crippen molar-refractivity contribution in [2.24, 2.45) is 0 Å². The molecule has 1 atom stereocenters. The predicted molar refractivity (Wildman–Crippen MR) is 97.8 cm³/mol. The highest BCUT2D eigenvalue weighted by atomic mass is 16.2. The number of hydrogen-bond acceptors (Lipinski definition) is 4. The number of H-pyrrole nitrogens is 1. The Morgan fingerprint density at radius 2 is 2.12 bits per heavy atom. The Hall–Kier alpha value is -2.96. The minimum atomic E-state index is -0.335. The fourth-order valence-corrected chi connectivity index (χ4v) is 3.64. The van der Waals surface area contributed by atoms with Crippen molar-refractivity contribution in [1.29, 1.82) is 0 Å². The molecule has 3 heterocycles. The monoisotopic (exact) mass is 351 g/mol. The van der Waals surface area contributed by atoms with Gasteiger partial charge in [-0.1, -0.05) is 12.1 Å². The third kappa shape index (κ3) is 3.37. The summed E-state index contributed by atoms with van der Waals surface area (Å²) in [6, 6.07) is 9.76. The van der Waals surface area contributed by atoms with Crippen LogP contribution >= 0.6 is 0 Å². The van der Waals surface area contributed by atoms with Crippen LogP contribution in [0.4, 0.5) is 0 Å². The van der Waals surface area contributed by atoms with Crippen LogP contribution in [0.25, 0.3) is 11.0 Å². The van der Waals surface area contributed by atoms with E-state index in [1.54, 1.807) is 6.33 Å². The van der Waals surface area contributed by atoms with Gasteiger partial charge in [0.25, 0.3) is 0 Å². The molecule has 0 saturated carbocycles. The number of para-hydroxylation sites is 2. The molecular weight excluding hydrogens is 330 g/mol. The first kappa shape index (κ1) is 16.5. The van der Waals surface area contributed by atoms with E-state index in [9.17, 15) is 9.59 Å². The highest BCUT2D eigenvalue weighted by Gasteiger charge is 2.25. The molecule has 4 rings (SSSR count). The molecule has 0 aliphatic carbocycles. The van der Waals surface area contributed by atoms with Crippen LogP contribution < -0.4 is 5.69 Å². The van der Waals surface area contributed by atoms with E-state index in [-0.39, 0.29) is 17.5 Å². The average molecular weight is 351 g/mol. The van der Waals surface area contributed by atoms with Gasteiger partial charge >= 0.3 is 5.69 Å². The molecule has 0 radical (unpaired) electrons. The number of aryl methyl sites for hydroxylation is 1. The molecule has 1 fully saturated rings. The number of nitrogens with one attached hydrogen (secondary N) is 1. The molecule has 1 N–H and O–H groups in total. The average Bonchev–Trinajstić information content (AvgIpc) is 3.09. The summed E-state index contributed by atoms with van der Waals surface area (Å²) in [6.07, 6.45) is 5.67. The quantitative estimate of drug-likeness (QED) is 0.778. The van der Waals surface area contributed by atoms with Gasteiger partial charge in [-0.2, -0.15) is 0 Å². The minimum Gasteiger partial charge on any atom is -0.342 e. The third-order valence-electron chi connectivity index (χ3n) is 5.01. The Labute approximate surface area is 150 Å². The van der Waals surface area contributed by atoms with Crippen molar-refractivity contribution in [2.75, 3.05) is 13.1 Å². The molecular formula is C19H21N5O2. The first-order valence-electron chi connectivity index (χ1n) is 8.93. The van der Waals surface area contributed by atoms with Gasteiger partial charge in [-0.25, -0.2) is 14.8 Å². The lowest BCUT2D eigenvalue weighted by Gasteiger charge is -2.32. The molecule has 0 spiro atoms. The van der Waals surface area contributed by atoms with Crippen LogP contribution in [-0.4, -0.2) is 43.4 Å². The number of rotatable bonds is 4. The van der Waals surface area contributed by atoms with Crippen molar-refractivity contribution in [3.8, 4) is 0 Å². The number of fused-ring (bicyclic) bond motifs is 1. The van der Waals surface area contributed by atoms with Crippen LogP contribution in [-0.2, 0) is 11.3 Å². The molecule has 7 nitrogen and oxygen atoms in total. The molecule has 1 saturated heterocycles. The summed E-state index contributed by atoms with van der Waals surface area (Å²) in [4.78, 5) is 36.9. The standard InChI is InChI=1S/C19H21N5O2/c25-18(8-11-24-13-21-16-5-1-2-6-17(16)24)23-10-3-4-14(12-23)15-7-9-20-19(26)22-15/h1-2,5-7,9,13-14H,3-4,8,10-12H2,(H,20,22,26)/t14-/m0/s1. The van der Waals surface area contributed by atoms with Crippen LogP contribution in [0.5, 0.6) is 0 Å². The summed E-state index contributed by atoms with van der Waals surface area (Å²) < 4.78 is 2.02. The summed E-state index contributed by atoms with van der Waals surface area (Å²) >= 11 is 0. The van der Waals surface area contributed by atoms with Gasteiger partial charge in [0.05, 0.1) is 17.4 Å². The van der Waals surface area contributed by atoms with Gasteiger partial charge in [-0.05, 0) is 31.0 Å². The van der Waals surface area contributed by atoms with E-state index in [1.807, 2.05) is 39.8 Å². The van der Waals surface area contributed by atoms with Gasteiger partial charge in [-0.3, -0.25) is 4.79 Å². The smallest absolute Gasteiger partial charge is 0.342 e. The molecule has 26 heavy (non-hydrogen) atoms. The van der Waals surface area contributed by atoms with Crippen molar-refractivity contribution in [3.05, 3.63) is 59.0 Å². The lowest BCUT2D eigenvalue weighted by atomic mass is 9.94. The second-order valence-electron chi connectivity index (χ2n) is 6.69. The van der Waals surface area contributed by atoms with E-state index in [0.29, 0.717) is 19.5 Å². The van der Waals surface area contributed by atoms with Crippen molar-refractivity contribution in [1.82, 2.24) is 24.4 Å². The fourth-order valence-electron chi connectivity index (χ4n) is 3.64. The molecule has 0 bridgehead atoms. The van der Waals surface area contributed by atoms with Gasteiger partial charge in [-0.15, -0.1) is 0 Å². The molecule has 134 valence electrons. The zero-order valence-corrected chi connectivity index (χ0v) is 14.5. The summed E-state index contributed by atoms with van der Waals surface area (Å²) in [5.41, 5.74) is 2.52. The first-order chi connectivity index (χ1) is 12.7. The maximum Gasteiger partial charge on any atom is 0.345 e. The number of nitrogens with zero attached hydrogens (tertiary/aromatic N) is 4. The highest BCUT2D eigenvalue weighted by Crippen LogP contribution is 2.25. The molecule has 1 aromatic carbocycles. The Bertz CT molecular complexity index is 977. The normalized spacial score (nSPS) is 17.5. The maximum atomic E-state index is 12.7. The number of carbonyl (C=O) groups excluding carboxylic acids is 1. The molecule has 3 aromatic rings. The first-order valence-corrected chi connectivity index (χ1v) is 8.93. The molecule has 1 aliphatic rings. The third-order valence-corrected chi connectivity index (χ3v) is 5.01. The number of carbonyl (C=O) groups is 1. The van der Waals surface area contributed by atoms with Crippen LogP contribution in [0.3, 0.4) is 0 Å². The number of amides is 1. The predicted octanol–water partition coefficient (Wildman–Crippen LogP) is 1.92. The van der Waals surface area contributed by atoms with E-state index in [0.717, 1.165) is 36.1 Å². The molecule has 0 unspecified atom stereocenters. The van der Waals surface area contributed by atoms with Gasteiger partial charge < -0.3 is 14.5 Å². The van der Waals surface area contributed by atoms with Crippen molar-refractivity contribution < 1.29 is 4.79 Å². The number of benzene rings is 1. The van der Waals surface area contributed by atoms with E-state index < -0.39 is 0 Å². The molecule has 2 aromatic heterocycles. The topological polar surface area (TPSA) is 83.9 Å². The summed E-state index contributed by atoms with van der Waals surface area (Å²) in [5, 5.41) is 0. The number of hydrogen-bond donors (Lipinski definition) is 1. The van der Waals surface area contributed by atoms with Gasteiger partial charge in [0.1, 0.15) is 0 Å². The number of aromatic nitrogens is 4. The van der Waals surface area contributed by atoms with Crippen LogP contribution in [0.15, 0.2) is 47.7 Å². The van der Waals surface area contributed by atoms with E-state index in [4.69, 9.17) is 0 Å². The Kier molecular flexibility index (Phi) is 4.51. The zero-order valence-electron chi connectivity index (χ0n) is 14.5. The van der Waals surface area contributed by atoms with Gasteiger partial charge in [0, 0.05) is 43.9 Å². The lowest BCUT2D eigenvalue weighted by molar-refractivity contribution is -0.132. The van der Waals surface area contributed by atoms with Gasteiger partial charge in [0.2, 0.25) is 5.91 Å². The van der Waals surface area contributed by atoms with Crippen LogP contribution in [0, 0.1) is 0 Å².